The molecule has 90 valence electrons. The van der Waals surface area contributed by atoms with Gasteiger partial charge in [0.25, 0.3) is 0 Å². The van der Waals surface area contributed by atoms with E-state index in [9.17, 15) is 5.11 Å². The summed E-state index contributed by atoms with van der Waals surface area (Å²) in [5.74, 6) is 1.25. The van der Waals surface area contributed by atoms with Gasteiger partial charge in [-0.05, 0) is 29.0 Å². The first-order valence-electron chi connectivity index (χ1n) is 5.88. The zero-order chi connectivity index (χ0) is 12.5. The fraction of sp³-hybridized carbons (Fsp3) is 0.571. The number of nitrogens with zero attached hydrogens (tertiary/aromatic N) is 1. The molecule has 0 saturated carbocycles. The normalized spacial score (nSPS) is 11.2. The highest BCUT2D eigenvalue weighted by Crippen LogP contribution is 2.37. The Labute approximate surface area is 98.9 Å². The minimum atomic E-state index is 0.345. The average Bonchev–Trinajstić information content (AvgIpc) is 2.16. The predicted molar refractivity (Wildman–Crippen MR) is 70.6 cm³/mol. The van der Waals surface area contributed by atoms with Crippen LogP contribution in [0, 0.1) is 0 Å². The summed E-state index contributed by atoms with van der Waals surface area (Å²) in [5, 5.41) is 10.2. The molecular weight excluding hydrogens is 198 g/mol. The Hall–Kier alpha value is -1.18. The third-order valence-electron chi connectivity index (χ3n) is 2.91. The van der Waals surface area contributed by atoms with Gasteiger partial charge in [0.15, 0.2) is 0 Å². The number of hydrogen-bond donors (Lipinski definition) is 1. The number of phenolic OH excluding ortho intramolecular Hbond substituents is 1. The van der Waals surface area contributed by atoms with Crippen LogP contribution in [0.3, 0.4) is 0 Å². The Morgan fingerprint density at radius 1 is 1.00 bits per heavy atom. The Balaban J connectivity index is 3.39. The smallest absolute Gasteiger partial charge is 0.142 e. The van der Waals surface area contributed by atoms with Crippen LogP contribution in [-0.2, 0) is 0 Å². The molecule has 0 aliphatic rings. The van der Waals surface area contributed by atoms with Crippen molar-refractivity contribution in [2.45, 2.75) is 39.5 Å². The highest BCUT2D eigenvalue weighted by atomic mass is 16.3. The fourth-order valence-electron chi connectivity index (χ4n) is 1.78. The first-order valence-corrected chi connectivity index (χ1v) is 5.88. The molecular formula is C14H23NO. The van der Waals surface area contributed by atoms with Crippen LogP contribution in [0.1, 0.15) is 50.7 Å². The van der Waals surface area contributed by atoms with Gasteiger partial charge >= 0.3 is 0 Å². The standard InChI is InChI=1S/C14H23NO/c1-9(2)11-7-12(10(3)4)14(16)13(8-11)15(5)6/h7-10,16H,1-6H3. The topological polar surface area (TPSA) is 23.5 Å². The molecule has 1 aromatic rings. The van der Waals surface area contributed by atoms with Crippen molar-refractivity contribution in [1.29, 1.82) is 0 Å². The second kappa shape index (κ2) is 4.77. The molecule has 1 N–H and O–H groups in total. The van der Waals surface area contributed by atoms with E-state index in [-0.39, 0.29) is 0 Å². The maximum atomic E-state index is 10.2. The van der Waals surface area contributed by atoms with E-state index in [1.807, 2.05) is 19.0 Å². The van der Waals surface area contributed by atoms with E-state index in [1.165, 1.54) is 5.56 Å². The van der Waals surface area contributed by atoms with E-state index in [0.29, 0.717) is 17.6 Å². The van der Waals surface area contributed by atoms with Crippen LogP contribution in [0.15, 0.2) is 12.1 Å². The summed E-state index contributed by atoms with van der Waals surface area (Å²) in [5.41, 5.74) is 3.23. The summed E-state index contributed by atoms with van der Waals surface area (Å²) in [4.78, 5) is 1.97. The molecule has 2 heteroatoms. The summed E-state index contributed by atoms with van der Waals surface area (Å²) < 4.78 is 0. The minimum Gasteiger partial charge on any atom is -0.505 e. The van der Waals surface area contributed by atoms with Gasteiger partial charge in [0.05, 0.1) is 5.69 Å². The van der Waals surface area contributed by atoms with Crippen molar-refractivity contribution >= 4 is 5.69 Å². The summed E-state index contributed by atoms with van der Waals surface area (Å²) in [6.07, 6.45) is 0. The molecule has 0 heterocycles. The van der Waals surface area contributed by atoms with Crippen LogP contribution >= 0.6 is 0 Å². The van der Waals surface area contributed by atoms with E-state index in [1.54, 1.807) is 0 Å². The molecule has 16 heavy (non-hydrogen) atoms. The van der Waals surface area contributed by atoms with Gasteiger partial charge < -0.3 is 10.0 Å². The van der Waals surface area contributed by atoms with Gasteiger partial charge in [-0.2, -0.15) is 0 Å². The van der Waals surface area contributed by atoms with Crippen LogP contribution < -0.4 is 4.90 Å². The number of anilines is 1. The van der Waals surface area contributed by atoms with Crippen molar-refractivity contribution in [3.05, 3.63) is 23.3 Å². The van der Waals surface area contributed by atoms with Crippen molar-refractivity contribution in [1.82, 2.24) is 0 Å². The Kier molecular flexibility index (Phi) is 3.84. The molecule has 0 atom stereocenters. The van der Waals surface area contributed by atoms with Gasteiger partial charge in [-0.15, -0.1) is 0 Å². The molecule has 2 nitrogen and oxygen atoms in total. The number of phenols is 1. The molecule has 0 aliphatic carbocycles. The molecule has 0 unspecified atom stereocenters. The third-order valence-corrected chi connectivity index (χ3v) is 2.91. The maximum Gasteiger partial charge on any atom is 0.142 e. The van der Waals surface area contributed by atoms with Crippen LogP contribution in [-0.4, -0.2) is 19.2 Å². The predicted octanol–water partition coefficient (Wildman–Crippen LogP) is 3.71. The lowest BCUT2D eigenvalue weighted by atomic mass is 9.93. The quantitative estimate of drug-likeness (QED) is 0.841. The lowest BCUT2D eigenvalue weighted by molar-refractivity contribution is 0.465. The Morgan fingerprint density at radius 2 is 1.56 bits per heavy atom. The van der Waals surface area contributed by atoms with Crippen molar-refractivity contribution < 1.29 is 5.11 Å². The first-order chi connectivity index (χ1) is 7.34. The second-order valence-electron chi connectivity index (χ2n) is 5.18. The second-order valence-corrected chi connectivity index (χ2v) is 5.18. The molecule has 0 bridgehead atoms. The molecule has 0 radical (unpaired) electrons. The highest BCUT2D eigenvalue weighted by molar-refractivity contribution is 5.63. The SMILES string of the molecule is CC(C)c1cc(C(C)C)c(O)c(N(C)C)c1. The van der Waals surface area contributed by atoms with Gasteiger partial charge in [-0.1, -0.05) is 33.8 Å². The van der Waals surface area contributed by atoms with Gasteiger partial charge in [0.1, 0.15) is 5.75 Å². The molecule has 0 fully saturated rings. The highest BCUT2D eigenvalue weighted by Gasteiger charge is 2.15. The summed E-state index contributed by atoms with van der Waals surface area (Å²) >= 11 is 0. The lowest BCUT2D eigenvalue weighted by Crippen LogP contribution is -2.10. The van der Waals surface area contributed by atoms with Gasteiger partial charge in [0.2, 0.25) is 0 Å². The molecule has 0 aromatic heterocycles. The van der Waals surface area contributed by atoms with E-state index >= 15 is 0 Å². The summed E-state index contributed by atoms with van der Waals surface area (Å²) in [7, 11) is 3.92. The molecule has 0 amide bonds. The van der Waals surface area contributed by atoms with Crippen molar-refractivity contribution in [2.24, 2.45) is 0 Å². The summed E-state index contributed by atoms with van der Waals surface area (Å²) in [6, 6.07) is 4.20. The van der Waals surface area contributed by atoms with Gasteiger partial charge in [-0.3, -0.25) is 0 Å². The molecule has 0 spiro atoms. The molecule has 1 rings (SSSR count). The van der Waals surface area contributed by atoms with Gasteiger partial charge in [0, 0.05) is 14.1 Å². The van der Waals surface area contributed by atoms with Crippen LogP contribution in [0.25, 0.3) is 0 Å². The lowest BCUT2D eigenvalue weighted by Gasteiger charge is -2.21. The van der Waals surface area contributed by atoms with Crippen LogP contribution in [0.4, 0.5) is 5.69 Å². The number of benzene rings is 1. The maximum absolute atomic E-state index is 10.2. The monoisotopic (exact) mass is 221 g/mol. The Morgan fingerprint density at radius 3 is 1.94 bits per heavy atom. The van der Waals surface area contributed by atoms with E-state index in [2.05, 4.69) is 39.8 Å². The number of hydrogen-bond acceptors (Lipinski definition) is 2. The van der Waals surface area contributed by atoms with Crippen LogP contribution in [0.2, 0.25) is 0 Å². The number of aromatic hydroxyl groups is 1. The number of rotatable bonds is 3. The molecule has 0 saturated heterocycles. The average molecular weight is 221 g/mol. The van der Waals surface area contributed by atoms with Crippen molar-refractivity contribution in [2.75, 3.05) is 19.0 Å². The molecule has 0 aliphatic heterocycles. The van der Waals surface area contributed by atoms with Crippen molar-refractivity contribution in [3.63, 3.8) is 0 Å². The minimum absolute atomic E-state index is 0.345. The zero-order valence-electron chi connectivity index (χ0n) is 11.2. The van der Waals surface area contributed by atoms with Crippen molar-refractivity contribution in [3.8, 4) is 5.75 Å². The van der Waals surface area contributed by atoms with E-state index in [4.69, 9.17) is 0 Å². The zero-order valence-corrected chi connectivity index (χ0v) is 11.2. The van der Waals surface area contributed by atoms with Crippen LogP contribution in [0.5, 0.6) is 5.75 Å². The van der Waals surface area contributed by atoms with Gasteiger partial charge in [-0.25, -0.2) is 0 Å². The summed E-state index contributed by atoms with van der Waals surface area (Å²) in [6.45, 7) is 8.57. The van der Waals surface area contributed by atoms with E-state index in [0.717, 1.165) is 11.3 Å². The fourth-order valence-corrected chi connectivity index (χ4v) is 1.78. The third kappa shape index (κ3) is 2.49. The largest absolute Gasteiger partial charge is 0.505 e. The van der Waals surface area contributed by atoms with E-state index < -0.39 is 0 Å². The Bertz CT molecular complexity index is 338. The molecule has 1 aromatic carbocycles. The first kappa shape index (κ1) is 12.9.